The Morgan fingerprint density at radius 1 is 0.776 bits per heavy atom. The van der Waals surface area contributed by atoms with Gasteiger partial charge in [-0.05, 0) is 84.4 Å². The van der Waals surface area contributed by atoms with E-state index in [0.717, 1.165) is 60.8 Å². The molecule has 5 aromatic rings. The molecule has 0 aromatic heterocycles. The van der Waals surface area contributed by atoms with Gasteiger partial charge in [0, 0.05) is 19.2 Å². The second-order valence-corrected chi connectivity index (χ2v) is 15.4. The largest absolute Gasteiger partial charge is 0.493 e. The van der Waals surface area contributed by atoms with E-state index in [1.54, 1.807) is 11.0 Å². The highest BCUT2D eigenvalue weighted by atomic mass is 19.1. The van der Waals surface area contributed by atoms with Gasteiger partial charge in [0.05, 0.1) is 31.4 Å². The second-order valence-electron chi connectivity index (χ2n) is 15.4. The zero-order chi connectivity index (χ0) is 40.3. The molecule has 0 spiro atoms. The van der Waals surface area contributed by atoms with Crippen molar-refractivity contribution in [3.05, 3.63) is 161 Å². The van der Waals surface area contributed by atoms with Gasteiger partial charge in [-0.2, -0.15) is 0 Å². The van der Waals surface area contributed by atoms with Gasteiger partial charge in [-0.15, -0.1) is 0 Å². The molecule has 1 N–H and O–H groups in total. The summed E-state index contributed by atoms with van der Waals surface area (Å²) in [6.07, 6.45) is 5.71. The fraction of sp³-hybridized carbons (Fsp3) is 0.347. The number of ether oxygens (including phenoxy) is 4. The Balaban J connectivity index is 0.953. The molecule has 1 saturated carbocycles. The number of hydrogen-bond acceptors (Lipinski definition) is 7. The fourth-order valence-electron chi connectivity index (χ4n) is 8.31. The second kappa shape index (κ2) is 19.2. The molecule has 1 aliphatic carbocycles. The molecule has 1 amide bonds. The van der Waals surface area contributed by atoms with E-state index in [4.69, 9.17) is 18.9 Å². The molecule has 58 heavy (non-hydrogen) atoms. The Morgan fingerprint density at radius 3 is 1.95 bits per heavy atom. The molecule has 1 heterocycles. The van der Waals surface area contributed by atoms with Gasteiger partial charge in [0.1, 0.15) is 24.1 Å². The van der Waals surface area contributed by atoms with Crippen molar-refractivity contribution in [2.75, 3.05) is 33.5 Å². The molecule has 1 atom stereocenters. The Bertz CT molecular complexity index is 2010. The van der Waals surface area contributed by atoms with Gasteiger partial charge in [0.25, 0.3) is 5.91 Å². The molecule has 8 nitrogen and oxygen atoms in total. The maximum Gasteiger partial charge on any atom is 0.326 e. The van der Waals surface area contributed by atoms with Crippen LogP contribution in [-0.4, -0.2) is 56.3 Å². The minimum absolute atomic E-state index is 0.0134. The van der Waals surface area contributed by atoms with Gasteiger partial charge in [0.2, 0.25) is 0 Å². The van der Waals surface area contributed by atoms with Crippen molar-refractivity contribution in [3.8, 4) is 17.2 Å². The molecule has 0 unspecified atom stereocenters. The molecule has 302 valence electrons. The SMILES string of the molecule is CCCCOc1ccc2c(c1F)C(=O)N(CC1CCC(COc3cccc(OC[C@H](NC(c4ccccc4)(c4ccccc4)c4ccccc4)C(=O)OC)c3)CC1)C2. The molecule has 0 bridgehead atoms. The van der Waals surface area contributed by atoms with Gasteiger partial charge in [-0.3, -0.25) is 14.9 Å². The number of esters is 1. The summed E-state index contributed by atoms with van der Waals surface area (Å²) in [6, 6.07) is 40.5. The summed E-state index contributed by atoms with van der Waals surface area (Å²) in [4.78, 5) is 28.5. The van der Waals surface area contributed by atoms with Gasteiger partial charge in [-0.1, -0.05) is 116 Å². The van der Waals surface area contributed by atoms with Gasteiger partial charge in [0.15, 0.2) is 11.6 Å². The first-order valence-corrected chi connectivity index (χ1v) is 20.5. The number of methoxy groups -OCH3 is 1. The first-order valence-electron chi connectivity index (χ1n) is 20.5. The molecule has 5 aromatic carbocycles. The Kier molecular flexibility index (Phi) is 13.4. The number of carbonyl (C=O) groups is 2. The molecule has 7 rings (SSSR count). The summed E-state index contributed by atoms with van der Waals surface area (Å²) in [7, 11) is 1.39. The van der Waals surface area contributed by atoms with Crippen LogP contribution in [0.5, 0.6) is 17.2 Å². The maximum atomic E-state index is 15.2. The maximum absolute atomic E-state index is 15.2. The minimum atomic E-state index is -0.893. The van der Waals surface area contributed by atoms with Crippen molar-refractivity contribution in [2.24, 2.45) is 11.8 Å². The summed E-state index contributed by atoms with van der Waals surface area (Å²) in [5, 5.41) is 3.69. The van der Waals surface area contributed by atoms with Crippen molar-refractivity contribution in [2.45, 2.75) is 63.6 Å². The van der Waals surface area contributed by atoms with Crippen molar-refractivity contribution < 1.29 is 32.9 Å². The van der Waals surface area contributed by atoms with Crippen LogP contribution in [0, 0.1) is 17.7 Å². The minimum Gasteiger partial charge on any atom is -0.493 e. The number of nitrogens with one attached hydrogen (secondary N) is 1. The fourth-order valence-corrected chi connectivity index (χ4v) is 8.31. The van der Waals surface area contributed by atoms with Crippen LogP contribution in [-0.2, 0) is 21.6 Å². The third-order valence-electron chi connectivity index (χ3n) is 11.5. The lowest BCUT2D eigenvalue weighted by molar-refractivity contribution is -0.144. The first kappa shape index (κ1) is 40.5. The van der Waals surface area contributed by atoms with Crippen LogP contribution in [0.25, 0.3) is 0 Å². The lowest BCUT2D eigenvalue weighted by Gasteiger charge is -2.39. The molecule has 0 radical (unpaired) electrons. The van der Waals surface area contributed by atoms with Gasteiger partial charge < -0.3 is 23.8 Å². The molecular formula is C49H53FN2O6. The molecule has 2 aliphatic rings. The molecule has 9 heteroatoms. The van der Waals surface area contributed by atoms with E-state index in [1.807, 2.05) is 84.9 Å². The zero-order valence-electron chi connectivity index (χ0n) is 33.4. The number of fused-ring (bicyclic) bond motifs is 1. The Labute approximate surface area is 341 Å². The van der Waals surface area contributed by atoms with Crippen molar-refractivity contribution in [1.29, 1.82) is 0 Å². The van der Waals surface area contributed by atoms with Crippen LogP contribution < -0.4 is 19.5 Å². The summed E-state index contributed by atoms with van der Waals surface area (Å²) in [5.74, 6) is 0.949. The third-order valence-corrected chi connectivity index (χ3v) is 11.5. The van der Waals surface area contributed by atoms with E-state index in [-0.39, 0.29) is 23.8 Å². The lowest BCUT2D eigenvalue weighted by atomic mass is 9.76. The summed E-state index contributed by atoms with van der Waals surface area (Å²) in [5.41, 5.74) is 2.92. The van der Waals surface area contributed by atoms with Crippen molar-refractivity contribution in [3.63, 3.8) is 0 Å². The van der Waals surface area contributed by atoms with E-state index in [2.05, 4.69) is 48.6 Å². The Hall–Kier alpha value is -5.67. The number of nitrogens with zero attached hydrogens (tertiary/aromatic N) is 1. The number of amides is 1. The normalized spacial score (nSPS) is 17.0. The summed E-state index contributed by atoms with van der Waals surface area (Å²) < 4.78 is 38.8. The van der Waals surface area contributed by atoms with E-state index >= 15 is 4.39 Å². The predicted molar refractivity (Wildman–Crippen MR) is 223 cm³/mol. The van der Waals surface area contributed by atoms with E-state index < -0.39 is 23.4 Å². The first-order chi connectivity index (χ1) is 28.4. The van der Waals surface area contributed by atoms with Crippen LogP contribution in [0.4, 0.5) is 4.39 Å². The molecule has 1 fully saturated rings. The van der Waals surface area contributed by atoms with E-state index in [9.17, 15) is 9.59 Å². The average Bonchev–Trinajstić information content (AvgIpc) is 3.59. The van der Waals surface area contributed by atoms with Crippen LogP contribution in [0.1, 0.15) is 78.1 Å². The lowest BCUT2D eigenvalue weighted by Crippen LogP contribution is -2.55. The number of hydrogen-bond donors (Lipinski definition) is 1. The zero-order valence-corrected chi connectivity index (χ0v) is 33.4. The summed E-state index contributed by atoms with van der Waals surface area (Å²) in [6.45, 7) is 4.13. The number of halogens is 1. The molecule has 1 aliphatic heterocycles. The number of carbonyl (C=O) groups excluding carboxylic acids is 2. The monoisotopic (exact) mass is 784 g/mol. The standard InChI is InChI=1S/C49H53FN2O6/c1-3-4-29-56-44-28-27-37-32-52(47(53)45(37)46(44)50)31-35-23-25-36(26-24-35)33-57-41-21-14-22-42(30-41)58-34-43(48(54)55-2)51-49(38-15-8-5-9-16-38,39-17-10-6-11-18-39)40-19-12-7-13-20-40/h5-22,27-28,30,35-36,43,51H,3-4,23-26,29,31-34H2,1-2H3/t35?,36?,43-/m0/s1. The third kappa shape index (κ3) is 9.21. The van der Waals surface area contributed by atoms with E-state index in [1.165, 1.54) is 7.11 Å². The predicted octanol–water partition coefficient (Wildman–Crippen LogP) is 9.35. The smallest absolute Gasteiger partial charge is 0.326 e. The Morgan fingerprint density at radius 2 is 1.36 bits per heavy atom. The van der Waals surface area contributed by atoms with Crippen LogP contribution >= 0.6 is 0 Å². The van der Waals surface area contributed by atoms with Crippen LogP contribution in [0.2, 0.25) is 0 Å². The quantitative estimate of drug-likeness (QED) is 0.0539. The highest BCUT2D eigenvalue weighted by Crippen LogP contribution is 2.38. The average molecular weight is 785 g/mol. The summed E-state index contributed by atoms with van der Waals surface area (Å²) >= 11 is 0. The highest BCUT2D eigenvalue weighted by Gasteiger charge is 2.40. The number of rotatable bonds is 18. The highest BCUT2D eigenvalue weighted by molar-refractivity contribution is 5.99. The van der Waals surface area contributed by atoms with Crippen LogP contribution in [0.15, 0.2) is 127 Å². The molecule has 0 saturated heterocycles. The van der Waals surface area contributed by atoms with Crippen LogP contribution in [0.3, 0.4) is 0 Å². The van der Waals surface area contributed by atoms with E-state index in [0.29, 0.717) is 49.6 Å². The number of benzene rings is 5. The van der Waals surface area contributed by atoms with Crippen molar-refractivity contribution in [1.82, 2.24) is 10.2 Å². The van der Waals surface area contributed by atoms with Crippen molar-refractivity contribution >= 4 is 11.9 Å². The topological polar surface area (TPSA) is 86.3 Å². The van der Waals surface area contributed by atoms with Gasteiger partial charge >= 0.3 is 5.97 Å². The molecular weight excluding hydrogens is 732 g/mol. The number of unbranched alkanes of at least 4 members (excludes halogenated alkanes) is 1. The van der Waals surface area contributed by atoms with Gasteiger partial charge in [-0.25, -0.2) is 4.39 Å².